The van der Waals surface area contributed by atoms with E-state index in [9.17, 15) is 9.59 Å². The van der Waals surface area contributed by atoms with Gasteiger partial charge in [0, 0.05) is 32.3 Å². The topological polar surface area (TPSA) is 73.3 Å². The lowest BCUT2D eigenvalue weighted by Crippen LogP contribution is -2.38. The van der Waals surface area contributed by atoms with Crippen LogP contribution in [0.25, 0.3) is 11.1 Å². The molecule has 124 valence electrons. The third kappa shape index (κ3) is 2.51. The van der Waals surface area contributed by atoms with Crippen molar-refractivity contribution in [1.82, 2.24) is 19.0 Å². The third-order valence-corrected chi connectivity index (χ3v) is 4.49. The van der Waals surface area contributed by atoms with Crippen LogP contribution in [0.3, 0.4) is 0 Å². The Bertz CT molecular complexity index is 966. The Morgan fingerprint density at radius 3 is 3.08 bits per heavy atom. The zero-order chi connectivity index (χ0) is 16.7. The van der Waals surface area contributed by atoms with Crippen LogP contribution in [-0.2, 0) is 24.4 Å². The molecule has 0 aliphatic carbocycles. The maximum absolute atomic E-state index is 12.5. The van der Waals surface area contributed by atoms with Crippen molar-refractivity contribution in [2.45, 2.75) is 33.0 Å². The van der Waals surface area contributed by atoms with Gasteiger partial charge in [0.15, 0.2) is 5.58 Å². The predicted octanol–water partition coefficient (Wildman–Crippen LogP) is 1.53. The van der Waals surface area contributed by atoms with Crippen molar-refractivity contribution in [3.8, 4) is 0 Å². The van der Waals surface area contributed by atoms with Crippen molar-refractivity contribution >= 4 is 17.0 Å². The molecule has 24 heavy (non-hydrogen) atoms. The van der Waals surface area contributed by atoms with Crippen molar-refractivity contribution in [3.63, 3.8) is 0 Å². The second-order valence-electron chi connectivity index (χ2n) is 6.13. The highest BCUT2D eigenvalue weighted by Gasteiger charge is 2.21. The molecule has 0 fully saturated rings. The first-order valence-corrected chi connectivity index (χ1v) is 7.98. The fourth-order valence-electron chi connectivity index (χ4n) is 3.15. The zero-order valence-electron chi connectivity index (χ0n) is 13.4. The molecular formula is C17H18N4O3. The lowest BCUT2D eigenvalue weighted by molar-refractivity contribution is -0.132. The van der Waals surface area contributed by atoms with E-state index in [2.05, 4.69) is 9.55 Å². The first kappa shape index (κ1) is 14.7. The van der Waals surface area contributed by atoms with Crippen molar-refractivity contribution in [3.05, 3.63) is 52.5 Å². The van der Waals surface area contributed by atoms with Crippen LogP contribution in [0.2, 0.25) is 0 Å². The van der Waals surface area contributed by atoms with Crippen molar-refractivity contribution in [2.24, 2.45) is 0 Å². The number of imidazole rings is 1. The molecular weight excluding hydrogens is 308 g/mol. The van der Waals surface area contributed by atoms with Gasteiger partial charge in [0.2, 0.25) is 5.91 Å². The lowest BCUT2D eigenvalue weighted by atomic mass is 10.2. The minimum atomic E-state index is -0.417. The molecule has 0 atom stereocenters. The molecule has 1 aromatic carbocycles. The summed E-state index contributed by atoms with van der Waals surface area (Å²) < 4.78 is 8.83. The van der Waals surface area contributed by atoms with Gasteiger partial charge < -0.3 is 13.9 Å². The van der Waals surface area contributed by atoms with Crippen LogP contribution in [0.15, 0.2) is 39.9 Å². The van der Waals surface area contributed by atoms with Gasteiger partial charge in [-0.05, 0) is 24.6 Å². The Morgan fingerprint density at radius 2 is 2.21 bits per heavy atom. The molecule has 0 saturated carbocycles. The molecule has 0 unspecified atom stereocenters. The van der Waals surface area contributed by atoms with Crippen LogP contribution in [0, 0.1) is 6.92 Å². The van der Waals surface area contributed by atoms with E-state index >= 15 is 0 Å². The summed E-state index contributed by atoms with van der Waals surface area (Å²) in [6, 6.07) is 5.60. The van der Waals surface area contributed by atoms with Gasteiger partial charge in [-0.25, -0.2) is 9.78 Å². The zero-order valence-corrected chi connectivity index (χ0v) is 13.4. The smallest absolute Gasteiger partial charge is 0.408 e. The largest absolute Gasteiger partial charge is 0.419 e. The van der Waals surface area contributed by atoms with Crippen molar-refractivity contribution in [1.29, 1.82) is 0 Å². The summed E-state index contributed by atoms with van der Waals surface area (Å²) >= 11 is 0. The Morgan fingerprint density at radius 1 is 1.33 bits per heavy atom. The molecule has 0 saturated heterocycles. The number of nitrogens with zero attached hydrogens (tertiary/aromatic N) is 4. The van der Waals surface area contributed by atoms with Crippen LogP contribution in [0.4, 0.5) is 0 Å². The average Bonchev–Trinajstić information content (AvgIpc) is 3.15. The quantitative estimate of drug-likeness (QED) is 0.732. The molecule has 7 heteroatoms. The number of hydrogen-bond donors (Lipinski definition) is 0. The molecule has 0 N–H and O–H groups in total. The van der Waals surface area contributed by atoms with E-state index in [-0.39, 0.29) is 12.3 Å². The van der Waals surface area contributed by atoms with E-state index in [0.717, 1.165) is 23.3 Å². The monoisotopic (exact) mass is 326 g/mol. The number of aromatic nitrogens is 3. The molecule has 0 radical (unpaired) electrons. The highest BCUT2D eigenvalue weighted by Crippen LogP contribution is 2.16. The summed E-state index contributed by atoms with van der Waals surface area (Å²) in [5, 5.41) is 0. The van der Waals surface area contributed by atoms with Crippen LogP contribution < -0.4 is 5.76 Å². The van der Waals surface area contributed by atoms with Crippen LogP contribution in [0.5, 0.6) is 0 Å². The number of oxazole rings is 1. The fourth-order valence-corrected chi connectivity index (χ4v) is 3.15. The number of hydrogen-bond acceptors (Lipinski definition) is 4. The van der Waals surface area contributed by atoms with E-state index in [0.29, 0.717) is 25.2 Å². The Labute approximate surface area is 138 Å². The number of carbonyl (C=O) groups excluding carboxylic acids is 1. The summed E-state index contributed by atoms with van der Waals surface area (Å²) in [5.41, 5.74) is 3.38. The third-order valence-electron chi connectivity index (χ3n) is 4.49. The fraction of sp³-hybridized carbons (Fsp3) is 0.353. The normalized spacial score (nSPS) is 14.1. The number of rotatable bonds is 3. The maximum atomic E-state index is 12.5. The van der Waals surface area contributed by atoms with Gasteiger partial charge in [0.25, 0.3) is 0 Å². The predicted molar refractivity (Wildman–Crippen MR) is 87.5 cm³/mol. The molecule has 7 nitrogen and oxygen atoms in total. The van der Waals surface area contributed by atoms with Gasteiger partial charge in [0.05, 0.1) is 24.1 Å². The van der Waals surface area contributed by atoms with Gasteiger partial charge in [-0.2, -0.15) is 0 Å². The summed E-state index contributed by atoms with van der Waals surface area (Å²) in [5.74, 6) is -0.378. The van der Waals surface area contributed by atoms with Gasteiger partial charge in [0.1, 0.15) is 0 Å². The van der Waals surface area contributed by atoms with Crippen LogP contribution >= 0.6 is 0 Å². The van der Waals surface area contributed by atoms with E-state index in [1.807, 2.05) is 24.0 Å². The molecule has 0 spiro atoms. The van der Waals surface area contributed by atoms with Crippen LogP contribution in [-0.4, -0.2) is 31.5 Å². The Hall–Kier alpha value is -2.83. The molecule has 1 aliphatic rings. The van der Waals surface area contributed by atoms with E-state index in [1.165, 1.54) is 4.57 Å². The minimum absolute atomic E-state index is 0.0383. The van der Waals surface area contributed by atoms with Crippen molar-refractivity contribution < 1.29 is 9.21 Å². The summed E-state index contributed by atoms with van der Waals surface area (Å²) in [4.78, 5) is 30.4. The number of amides is 1. The van der Waals surface area contributed by atoms with E-state index in [1.54, 1.807) is 18.6 Å². The summed E-state index contributed by atoms with van der Waals surface area (Å²) in [6.07, 6.45) is 3.85. The summed E-state index contributed by atoms with van der Waals surface area (Å²) in [6.45, 7) is 4.28. The van der Waals surface area contributed by atoms with Gasteiger partial charge in [-0.15, -0.1) is 0 Å². The molecule has 4 rings (SSSR count). The number of fused-ring (bicyclic) bond motifs is 2. The second kappa shape index (κ2) is 5.67. The van der Waals surface area contributed by atoms with Gasteiger partial charge in [-0.1, -0.05) is 6.07 Å². The summed E-state index contributed by atoms with van der Waals surface area (Å²) in [7, 11) is 0. The maximum Gasteiger partial charge on any atom is 0.419 e. The standard InChI is InChI=1S/C17H18N4O3/c1-12-2-3-15-14(8-12)21(17(23)24-15)5-4-16(22)19-6-7-20-11-18-9-13(20)10-19/h2-3,8-9,11H,4-7,10H2,1H3. The SMILES string of the molecule is Cc1ccc2oc(=O)n(CCC(=O)N3CCn4cncc4C3)c2c1. The highest BCUT2D eigenvalue weighted by molar-refractivity contribution is 5.77. The Balaban J connectivity index is 1.49. The molecule has 2 aromatic heterocycles. The van der Waals surface area contributed by atoms with Crippen molar-refractivity contribution in [2.75, 3.05) is 6.54 Å². The second-order valence-corrected chi connectivity index (χ2v) is 6.13. The number of benzene rings is 1. The average molecular weight is 326 g/mol. The Kier molecular flexibility index (Phi) is 3.48. The first-order chi connectivity index (χ1) is 11.6. The van der Waals surface area contributed by atoms with E-state index < -0.39 is 5.76 Å². The molecule has 3 heterocycles. The van der Waals surface area contributed by atoms with Gasteiger partial charge in [-0.3, -0.25) is 9.36 Å². The molecule has 1 amide bonds. The molecule has 3 aromatic rings. The number of carbonyl (C=O) groups is 1. The van der Waals surface area contributed by atoms with E-state index in [4.69, 9.17) is 4.42 Å². The lowest BCUT2D eigenvalue weighted by Gasteiger charge is -2.28. The minimum Gasteiger partial charge on any atom is -0.408 e. The molecule has 0 bridgehead atoms. The molecule has 1 aliphatic heterocycles. The van der Waals surface area contributed by atoms with Gasteiger partial charge >= 0.3 is 5.76 Å². The highest BCUT2D eigenvalue weighted by atomic mass is 16.4. The number of aryl methyl sites for hydroxylation is 2. The van der Waals surface area contributed by atoms with Crippen LogP contribution in [0.1, 0.15) is 17.7 Å². The first-order valence-electron chi connectivity index (χ1n) is 7.98.